The van der Waals surface area contributed by atoms with Crippen molar-refractivity contribution in [3.05, 3.63) is 58.0 Å². The van der Waals surface area contributed by atoms with Gasteiger partial charge in [0.25, 0.3) is 5.91 Å². The molecule has 0 unspecified atom stereocenters. The number of carbonyl (C=O) groups is 1. The number of carbonyl (C=O) groups excluding carboxylic acids is 1. The van der Waals surface area contributed by atoms with Crippen LogP contribution in [0, 0.1) is 0 Å². The Morgan fingerprint density at radius 3 is 2.67 bits per heavy atom. The van der Waals surface area contributed by atoms with Crippen LogP contribution >= 0.6 is 15.9 Å². The van der Waals surface area contributed by atoms with Gasteiger partial charge in [-0.1, -0.05) is 35.0 Å². The second-order valence-electron chi connectivity index (χ2n) is 3.92. The number of rotatable bonds is 4. The summed E-state index contributed by atoms with van der Waals surface area (Å²) in [6.07, 6.45) is 2.27. The van der Waals surface area contributed by atoms with Crippen LogP contribution in [0.4, 0.5) is 0 Å². The summed E-state index contributed by atoms with van der Waals surface area (Å²) in [5, 5.41) is 2.88. The SMILES string of the molecule is CCc1occc1C(=O)NCc1ccc(Br)cc1. The molecule has 0 bridgehead atoms. The van der Waals surface area contributed by atoms with Crippen LogP contribution in [-0.4, -0.2) is 5.91 Å². The monoisotopic (exact) mass is 307 g/mol. The normalized spacial score (nSPS) is 10.3. The summed E-state index contributed by atoms with van der Waals surface area (Å²) in [7, 11) is 0. The minimum Gasteiger partial charge on any atom is -0.469 e. The fourth-order valence-electron chi connectivity index (χ4n) is 1.70. The molecule has 18 heavy (non-hydrogen) atoms. The van der Waals surface area contributed by atoms with E-state index in [9.17, 15) is 4.79 Å². The molecule has 94 valence electrons. The standard InChI is InChI=1S/C14H14BrNO2/c1-2-13-12(7-8-18-13)14(17)16-9-10-3-5-11(15)6-4-10/h3-8H,2,9H2,1H3,(H,16,17). The lowest BCUT2D eigenvalue weighted by Gasteiger charge is -2.05. The molecule has 1 aromatic heterocycles. The van der Waals surface area contributed by atoms with Gasteiger partial charge in [0.1, 0.15) is 5.76 Å². The third-order valence-electron chi connectivity index (χ3n) is 2.68. The summed E-state index contributed by atoms with van der Waals surface area (Å²) in [6, 6.07) is 9.56. The zero-order chi connectivity index (χ0) is 13.0. The van der Waals surface area contributed by atoms with Crippen LogP contribution in [0.1, 0.15) is 28.6 Å². The van der Waals surface area contributed by atoms with Crippen LogP contribution in [0.3, 0.4) is 0 Å². The van der Waals surface area contributed by atoms with Crippen molar-refractivity contribution >= 4 is 21.8 Å². The molecule has 4 heteroatoms. The molecule has 2 rings (SSSR count). The van der Waals surface area contributed by atoms with Gasteiger partial charge in [-0.3, -0.25) is 4.79 Å². The molecule has 0 radical (unpaired) electrons. The quantitative estimate of drug-likeness (QED) is 0.939. The highest BCUT2D eigenvalue weighted by Gasteiger charge is 2.12. The summed E-state index contributed by atoms with van der Waals surface area (Å²) >= 11 is 3.38. The molecule has 0 aliphatic heterocycles. The van der Waals surface area contributed by atoms with E-state index in [4.69, 9.17) is 4.42 Å². The Balaban J connectivity index is 1.98. The van der Waals surface area contributed by atoms with E-state index in [1.807, 2.05) is 31.2 Å². The Bertz CT molecular complexity index is 531. The van der Waals surface area contributed by atoms with Gasteiger partial charge in [-0.15, -0.1) is 0 Å². The molecule has 0 atom stereocenters. The number of benzene rings is 1. The van der Waals surface area contributed by atoms with Crippen LogP contribution < -0.4 is 5.32 Å². The van der Waals surface area contributed by atoms with Crippen molar-refractivity contribution in [2.24, 2.45) is 0 Å². The molecule has 1 heterocycles. The highest BCUT2D eigenvalue weighted by molar-refractivity contribution is 9.10. The first-order valence-electron chi connectivity index (χ1n) is 5.79. The number of furan rings is 1. The van der Waals surface area contributed by atoms with Gasteiger partial charge in [-0.05, 0) is 23.8 Å². The summed E-state index contributed by atoms with van der Waals surface area (Å²) in [5.74, 6) is 0.631. The van der Waals surface area contributed by atoms with Crippen molar-refractivity contribution in [3.63, 3.8) is 0 Å². The van der Waals surface area contributed by atoms with E-state index in [1.54, 1.807) is 12.3 Å². The molecule has 0 saturated heterocycles. The first-order chi connectivity index (χ1) is 8.70. The van der Waals surface area contributed by atoms with Crippen LogP contribution in [-0.2, 0) is 13.0 Å². The van der Waals surface area contributed by atoms with Gasteiger partial charge in [0, 0.05) is 17.4 Å². The second kappa shape index (κ2) is 5.87. The van der Waals surface area contributed by atoms with Crippen molar-refractivity contribution in [2.45, 2.75) is 19.9 Å². The lowest BCUT2D eigenvalue weighted by atomic mass is 10.2. The first kappa shape index (κ1) is 12.9. The van der Waals surface area contributed by atoms with E-state index < -0.39 is 0 Å². The van der Waals surface area contributed by atoms with Gasteiger partial charge < -0.3 is 9.73 Å². The zero-order valence-electron chi connectivity index (χ0n) is 10.1. The maximum absolute atomic E-state index is 11.9. The van der Waals surface area contributed by atoms with E-state index in [2.05, 4.69) is 21.2 Å². The molecule has 1 aromatic carbocycles. The topological polar surface area (TPSA) is 42.2 Å². The Morgan fingerprint density at radius 2 is 2.00 bits per heavy atom. The van der Waals surface area contributed by atoms with Crippen molar-refractivity contribution in [1.82, 2.24) is 5.32 Å². The molecule has 2 aromatic rings. The maximum Gasteiger partial charge on any atom is 0.255 e. The van der Waals surface area contributed by atoms with Gasteiger partial charge in [0.15, 0.2) is 0 Å². The molecular formula is C14H14BrNO2. The van der Waals surface area contributed by atoms with E-state index in [0.717, 1.165) is 15.8 Å². The van der Waals surface area contributed by atoms with E-state index >= 15 is 0 Å². The molecule has 0 fully saturated rings. The predicted octanol–water partition coefficient (Wildman–Crippen LogP) is 3.53. The van der Waals surface area contributed by atoms with Crippen molar-refractivity contribution in [3.8, 4) is 0 Å². The van der Waals surface area contributed by atoms with Crippen molar-refractivity contribution in [1.29, 1.82) is 0 Å². The van der Waals surface area contributed by atoms with Crippen LogP contribution in [0.5, 0.6) is 0 Å². The molecule has 3 nitrogen and oxygen atoms in total. The lowest BCUT2D eigenvalue weighted by Crippen LogP contribution is -2.23. The van der Waals surface area contributed by atoms with Crippen LogP contribution in [0.2, 0.25) is 0 Å². The third kappa shape index (κ3) is 3.01. The average molecular weight is 308 g/mol. The molecule has 0 aliphatic rings. The molecular weight excluding hydrogens is 294 g/mol. The lowest BCUT2D eigenvalue weighted by molar-refractivity contribution is 0.0949. The molecule has 0 spiro atoms. The summed E-state index contributed by atoms with van der Waals surface area (Å²) in [5.41, 5.74) is 1.68. The number of hydrogen-bond donors (Lipinski definition) is 1. The van der Waals surface area contributed by atoms with Crippen molar-refractivity contribution < 1.29 is 9.21 Å². The summed E-state index contributed by atoms with van der Waals surface area (Å²) in [6.45, 7) is 2.48. The van der Waals surface area contributed by atoms with Gasteiger partial charge in [-0.25, -0.2) is 0 Å². The van der Waals surface area contributed by atoms with E-state index in [1.165, 1.54) is 0 Å². The molecule has 0 saturated carbocycles. The highest BCUT2D eigenvalue weighted by Crippen LogP contribution is 2.12. The average Bonchev–Trinajstić information content (AvgIpc) is 2.86. The zero-order valence-corrected chi connectivity index (χ0v) is 11.7. The minimum absolute atomic E-state index is 0.0940. The molecule has 0 aliphatic carbocycles. The highest BCUT2D eigenvalue weighted by atomic mass is 79.9. The Labute approximate surface area is 114 Å². The maximum atomic E-state index is 11.9. The van der Waals surface area contributed by atoms with Crippen LogP contribution in [0.25, 0.3) is 0 Å². The largest absolute Gasteiger partial charge is 0.469 e. The third-order valence-corrected chi connectivity index (χ3v) is 3.21. The molecule has 1 amide bonds. The minimum atomic E-state index is -0.0940. The van der Waals surface area contributed by atoms with Gasteiger partial charge in [-0.2, -0.15) is 0 Å². The summed E-state index contributed by atoms with van der Waals surface area (Å²) < 4.78 is 6.26. The number of halogens is 1. The Kier molecular flexibility index (Phi) is 4.20. The van der Waals surface area contributed by atoms with E-state index in [0.29, 0.717) is 18.5 Å². The number of hydrogen-bond acceptors (Lipinski definition) is 2. The van der Waals surface area contributed by atoms with Gasteiger partial charge >= 0.3 is 0 Å². The number of aryl methyl sites for hydroxylation is 1. The summed E-state index contributed by atoms with van der Waals surface area (Å²) in [4.78, 5) is 11.9. The fraction of sp³-hybridized carbons (Fsp3) is 0.214. The van der Waals surface area contributed by atoms with Crippen LogP contribution in [0.15, 0.2) is 45.5 Å². The smallest absolute Gasteiger partial charge is 0.255 e. The molecule has 1 N–H and O–H groups in total. The Morgan fingerprint density at radius 1 is 1.28 bits per heavy atom. The second-order valence-corrected chi connectivity index (χ2v) is 4.84. The first-order valence-corrected chi connectivity index (χ1v) is 6.59. The van der Waals surface area contributed by atoms with E-state index in [-0.39, 0.29) is 5.91 Å². The predicted molar refractivity (Wildman–Crippen MR) is 73.4 cm³/mol. The Hall–Kier alpha value is -1.55. The van der Waals surface area contributed by atoms with Gasteiger partial charge in [0.05, 0.1) is 11.8 Å². The fourth-order valence-corrected chi connectivity index (χ4v) is 1.96. The van der Waals surface area contributed by atoms with Crippen molar-refractivity contribution in [2.75, 3.05) is 0 Å². The number of amides is 1. The van der Waals surface area contributed by atoms with Gasteiger partial charge in [0.2, 0.25) is 0 Å². The number of nitrogens with one attached hydrogen (secondary N) is 1.